The van der Waals surface area contributed by atoms with Crippen LogP contribution in [0.1, 0.15) is 32.1 Å². The smallest absolute Gasteiger partial charge is 0.329 e. The summed E-state index contributed by atoms with van der Waals surface area (Å²) in [7, 11) is 0. The molecule has 114 valence electrons. The number of carboxylic acid groups (broad SMARTS) is 1. The Hall–Kier alpha value is -1.14. The molecule has 2 saturated heterocycles. The Labute approximate surface area is 119 Å². The lowest BCUT2D eigenvalue weighted by molar-refractivity contribution is -0.147. The predicted molar refractivity (Wildman–Crippen MR) is 73.4 cm³/mol. The summed E-state index contributed by atoms with van der Waals surface area (Å²) in [6.07, 6.45) is 4.38. The van der Waals surface area contributed by atoms with E-state index in [1.807, 2.05) is 4.90 Å². The van der Waals surface area contributed by atoms with Crippen molar-refractivity contribution in [2.45, 2.75) is 38.2 Å². The largest absolute Gasteiger partial charge is 0.480 e. The van der Waals surface area contributed by atoms with Gasteiger partial charge in [-0.25, -0.2) is 4.79 Å². The van der Waals surface area contributed by atoms with E-state index in [0.717, 1.165) is 38.8 Å². The summed E-state index contributed by atoms with van der Waals surface area (Å²) < 4.78 is 5.27. The highest BCUT2D eigenvalue weighted by Crippen LogP contribution is 2.19. The Balaban J connectivity index is 1.67. The van der Waals surface area contributed by atoms with Gasteiger partial charge < -0.3 is 20.1 Å². The summed E-state index contributed by atoms with van der Waals surface area (Å²) in [4.78, 5) is 24.5. The van der Waals surface area contributed by atoms with Crippen molar-refractivity contribution in [1.29, 1.82) is 0 Å². The summed E-state index contributed by atoms with van der Waals surface area (Å²) >= 11 is 0. The van der Waals surface area contributed by atoms with Gasteiger partial charge in [0.1, 0.15) is 6.61 Å². The van der Waals surface area contributed by atoms with E-state index in [0.29, 0.717) is 25.4 Å². The lowest BCUT2D eigenvalue weighted by atomic mass is 9.95. The van der Waals surface area contributed by atoms with E-state index in [2.05, 4.69) is 5.32 Å². The fourth-order valence-electron chi connectivity index (χ4n) is 2.94. The van der Waals surface area contributed by atoms with E-state index in [1.165, 1.54) is 0 Å². The number of carbonyl (C=O) groups is 2. The number of likely N-dealkylation sites (tertiary alicyclic amines) is 1. The number of carbonyl (C=O) groups excluding carboxylic acids is 1. The minimum absolute atomic E-state index is 0.0218. The van der Waals surface area contributed by atoms with Gasteiger partial charge in [-0.2, -0.15) is 0 Å². The van der Waals surface area contributed by atoms with Gasteiger partial charge in [0, 0.05) is 19.5 Å². The number of hydrogen-bond donors (Lipinski definition) is 2. The van der Waals surface area contributed by atoms with Gasteiger partial charge in [0.2, 0.25) is 5.91 Å². The van der Waals surface area contributed by atoms with Crippen molar-refractivity contribution in [2.75, 3.05) is 32.8 Å². The summed E-state index contributed by atoms with van der Waals surface area (Å²) in [5.74, 6) is -0.235. The normalized spacial score (nSPS) is 24.6. The molecule has 2 fully saturated rings. The topological polar surface area (TPSA) is 78.9 Å². The number of ether oxygens (including phenoxy) is 1. The molecule has 2 rings (SSSR count). The maximum Gasteiger partial charge on any atom is 0.329 e. The molecule has 0 spiro atoms. The van der Waals surface area contributed by atoms with Crippen LogP contribution in [0.5, 0.6) is 0 Å². The van der Waals surface area contributed by atoms with Crippen molar-refractivity contribution in [2.24, 2.45) is 5.92 Å². The first kappa shape index (κ1) is 15.3. The molecule has 0 saturated carbocycles. The van der Waals surface area contributed by atoms with Gasteiger partial charge in [-0.05, 0) is 44.7 Å². The summed E-state index contributed by atoms with van der Waals surface area (Å²) in [6, 6.07) is 0. The zero-order valence-electron chi connectivity index (χ0n) is 11.8. The Morgan fingerprint density at radius 3 is 2.60 bits per heavy atom. The molecule has 1 atom stereocenters. The number of carboxylic acids is 1. The molecule has 20 heavy (non-hydrogen) atoms. The third-order valence-electron chi connectivity index (χ3n) is 4.10. The number of rotatable bonds is 5. The second kappa shape index (κ2) is 7.59. The predicted octanol–water partition coefficient (Wildman–Crippen LogP) is 0.468. The standard InChI is InChI=1S/C14H24N2O4/c17-13(8-11-2-1-5-15-9-11)16-6-3-12(4-7-16)20-10-14(18)19/h11-12,15H,1-10H2,(H,18,19). The first-order valence-corrected chi connectivity index (χ1v) is 7.47. The third-order valence-corrected chi connectivity index (χ3v) is 4.10. The molecule has 0 aromatic heterocycles. The average molecular weight is 284 g/mol. The Bertz CT molecular complexity index is 334. The second-order valence-electron chi connectivity index (χ2n) is 5.70. The molecule has 0 aromatic carbocycles. The van der Waals surface area contributed by atoms with Crippen molar-refractivity contribution in [3.63, 3.8) is 0 Å². The van der Waals surface area contributed by atoms with Crippen LogP contribution in [0.25, 0.3) is 0 Å². The van der Waals surface area contributed by atoms with Gasteiger partial charge in [-0.15, -0.1) is 0 Å². The number of nitrogens with one attached hydrogen (secondary N) is 1. The monoisotopic (exact) mass is 284 g/mol. The third kappa shape index (κ3) is 4.76. The highest BCUT2D eigenvalue weighted by Gasteiger charge is 2.25. The van der Waals surface area contributed by atoms with Crippen LogP contribution < -0.4 is 5.32 Å². The van der Waals surface area contributed by atoms with Crippen LogP contribution in [0.4, 0.5) is 0 Å². The van der Waals surface area contributed by atoms with Gasteiger partial charge in [0.25, 0.3) is 0 Å². The number of aliphatic carboxylic acids is 1. The first-order chi connectivity index (χ1) is 9.65. The van der Waals surface area contributed by atoms with Gasteiger partial charge in [-0.3, -0.25) is 4.79 Å². The maximum atomic E-state index is 12.2. The van der Waals surface area contributed by atoms with Gasteiger partial charge in [0.05, 0.1) is 6.10 Å². The zero-order chi connectivity index (χ0) is 14.4. The van der Waals surface area contributed by atoms with Crippen molar-refractivity contribution in [3.05, 3.63) is 0 Å². The van der Waals surface area contributed by atoms with E-state index in [1.54, 1.807) is 0 Å². The Morgan fingerprint density at radius 1 is 1.25 bits per heavy atom. The van der Waals surface area contributed by atoms with Gasteiger partial charge in [0.15, 0.2) is 0 Å². The SMILES string of the molecule is O=C(O)COC1CCN(C(=O)CC2CCCNC2)CC1. The minimum Gasteiger partial charge on any atom is -0.480 e. The molecular formula is C14H24N2O4. The molecule has 2 heterocycles. The van der Waals surface area contributed by atoms with Crippen LogP contribution in [0, 0.1) is 5.92 Å². The average Bonchev–Trinajstić information content (AvgIpc) is 2.46. The lowest BCUT2D eigenvalue weighted by Crippen LogP contribution is -2.43. The first-order valence-electron chi connectivity index (χ1n) is 7.47. The van der Waals surface area contributed by atoms with Crippen LogP contribution in [-0.4, -0.2) is 60.8 Å². The molecule has 0 radical (unpaired) electrons. The quantitative estimate of drug-likeness (QED) is 0.767. The van der Waals surface area contributed by atoms with E-state index in [-0.39, 0.29) is 18.6 Å². The Kier molecular flexibility index (Phi) is 5.79. The van der Waals surface area contributed by atoms with E-state index in [9.17, 15) is 9.59 Å². The zero-order valence-corrected chi connectivity index (χ0v) is 11.8. The maximum absolute atomic E-state index is 12.2. The molecule has 0 aliphatic carbocycles. The fourth-order valence-corrected chi connectivity index (χ4v) is 2.94. The Morgan fingerprint density at radius 2 is 2.00 bits per heavy atom. The van der Waals surface area contributed by atoms with Gasteiger partial charge in [-0.1, -0.05) is 0 Å². The highest BCUT2D eigenvalue weighted by atomic mass is 16.5. The van der Waals surface area contributed by atoms with Crippen molar-refractivity contribution >= 4 is 11.9 Å². The van der Waals surface area contributed by atoms with Crippen LogP contribution in [0.3, 0.4) is 0 Å². The summed E-state index contributed by atoms with van der Waals surface area (Å²) in [5, 5.41) is 11.9. The van der Waals surface area contributed by atoms with E-state index >= 15 is 0 Å². The van der Waals surface area contributed by atoms with Crippen LogP contribution in [-0.2, 0) is 14.3 Å². The van der Waals surface area contributed by atoms with Crippen molar-refractivity contribution < 1.29 is 19.4 Å². The minimum atomic E-state index is -0.937. The highest BCUT2D eigenvalue weighted by molar-refractivity contribution is 5.76. The van der Waals surface area contributed by atoms with E-state index < -0.39 is 5.97 Å². The molecular weight excluding hydrogens is 260 g/mol. The number of nitrogens with zero attached hydrogens (tertiary/aromatic N) is 1. The molecule has 2 N–H and O–H groups in total. The number of hydrogen-bond acceptors (Lipinski definition) is 4. The van der Waals surface area contributed by atoms with Crippen molar-refractivity contribution in [3.8, 4) is 0 Å². The molecule has 1 amide bonds. The summed E-state index contributed by atoms with van der Waals surface area (Å²) in [5.41, 5.74) is 0. The molecule has 1 unspecified atom stereocenters. The number of amides is 1. The molecule has 2 aliphatic heterocycles. The summed E-state index contributed by atoms with van der Waals surface area (Å²) in [6.45, 7) is 3.14. The van der Waals surface area contributed by atoms with Crippen molar-refractivity contribution in [1.82, 2.24) is 10.2 Å². The lowest BCUT2D eigenvalue weighted by Gasteiger charge is -2.33. The second-order valence-corrected chi connectivity index (χ2v) is 5.70. The van der Waals surface area contributed by atoms with E-state index in [4.69, 9.17) is 9.84 Å². The van der Waals surface area contributed by atoms with Crippen LogP contribution in [0.2, 0.25) is 0 Å². The van der Waals surface area contributed by atoms with Gasteiger partial charge >= 0.3 is 5.97 Å². The van der Waals surface area contributed by atoms with Crippen LogP contribution in [0.15, 0.2) is 0 Å². The molecule has 2 aliphatic rings. The molecule has 0 aromatic rings. The number of piperidine rings is 2. The van der Waals surface area contributed by atoms with Crippen LogP contribution >= 0.6 is 0 Å². The molecule has 6 nitrogen and oxygen atoms in total. The fraction of sp³-hybridized carbons (Fsp3) is 0.857. The molecule has 0 bridgehead atoms. The molecule has 6 heteroatoms.